The quantitative estimate of drug-likeness (QED) is 0.383. The van der Waals surface area contributed by atoms with E-state index in [0.717, 1.165) is 21.6 Å². The summed E-state index contributed by atoms with van der Waals surface area (Å²) >= 11 is 0. The molecule has 0 aliphatic heterocycles. The van der Waals surface area contributed by atoms with Crippen molar-refractivity contribution in [2.45, 2.75) is 33.7 Å². The van der Waals surface area contributed by atoms with Gasteiger partial charge in [0, 0.05) is 12.0 Å². The summed E-state index contributed by atoms with van der Waals surface area (Å²) in [6.07, 6.45) is 0.573. The number of rotatable bonds is 6. The fourth-order valence-corrected chi connectivity index (χ4v) is 2.69. The van der Waals surface area contributed by atoms with E-state index >= 15 is 0 Å². The van der Waals surface area contributed by atoms with Gasteiger partial charge in [0.05, 0.1) is 16.7 Å². The smallest absolute Gasteiger partial charge is 0.320 e. The highest BCUT2D eigenvalue weighted by molar-refractivity contribution is 5.98. The Morgan fingerprint density at radius 1 is 1.32 bits per heavy atom. The van der Waals surface area contributed by atoms with Crippen molar-refractivity contribution in [3.63, 3.8) is 0 Å². The molecule has 0 saturated heterocycles. The number of benzene rings is 1. The first-order valence-corrected chi connectivity index (χ1v) is 7.83. The zero-order valence-corrected chi connectivity index (χ0v) is 14.2. The van der Waals surface area contributed by atoms with Gasteiger partial charge in [0.15, 0.2) is 5.82 Å². The maximum absolute atomic E-state index is 13.4. The van der Waals surface area contributed by atoms with Gasteiger partial charge in [-0.2, -0.15) is 8.78 Å². The van der Waals surface area contributed by atoms with Crippen LogP contribution in [0.4, 0.5) is 8.78 Å². The SMILES string of the molecule is CC(=NOCCc1c(C)noc1C)c1nc2ccccc2n1C(F)F. The first kappa shape index (κ1) is 17.1. The maximum atomic E-state index is 13.4. The molecule has 2 aromatic heterocycles. The summed E-state index contributed by atoms with van der Waals surface area (Å²) in [6, 6.07) is 6.73. The second-order valence-corrected chi connectivity index (χ2v) is 5.63. The molecule has 0 atom stereocenters. The normalized spacial score (nSPS) is 12.3. The number of imidazole rings is 1. The third-order valence-electron chi connectivity index (χ3n) is 3.94. The molecular formula is C17H18F2N4O2. The van der Waals surface area contributed by atoms with Gasteiger partial charge >= 0.3 is 6.55 Å². The Morgan fingerprint density at radius 2 is 2.08 bits per heavy atom. The van der Waals surface area contributed by atoms with Crippen LogP contribution in [0.1, 0.15) is 36.3 Å². The Hall–Kier alpha value is -2.77. The molecule has 3 aromatic rings. The molecule has 0 saturated carbocycles. The summed E-state index contributed by atoms with van der Waals surface area (Å²) < 4.78 is 32.8. The molecule has 0 amide bonds. The molecule has 8 heteroatoms. The highest BCUT2D eigenvalue weighted by Gasteiger charge is 2.19. The van der Waals surface area contributed by atoms with Gasteiger partial charge in [0.25, 0.3) is 0 Å². The Morgan fingerprint density at radius 3 is 2.76 bits per heavy atom. The van der Waals surface area contributed by atoms with Crippen LogP contribution in [-0.4, -0.2) is 27.0 Å². The molecule has 0 radical (unpaired) electrons. The van der Waals surface area contributed by atoms with Crippen LogP contribution >= 0.6 is 0 Å². The number of fused-ring (bicyclic) bond motifs is 1. The lowest BCUT2D eigenvalue weighted by Gasteiger charge is -2.07. The van der Waals surface area contributed by atoms with Crippen molar-refractivity contribution in [2.75, 3.05) is 6.61 Å². The molecule has 0 aliphatic rings. The van der Waals surface area contributed by atoms with Crippen molar-refractivity contribution in [3.05, 3.63) is 47.1 Å². The molecule has 0 fully saturated rings. The van der Waals surface area contributed by atoms with E-state index in [1.165, 1.54) is 0 Å². The van der Waals surface area contributed by atoms with Crippen LogP contribution in [0.15, 0.2) is 33.9 Å². The van der Waals surface area contributed by atoms with Gasteiger partial charge in [-0.05, 0) is 32.9 Å². The van der Waals surface area contributed by atoms with E-state index in [1.54, 1.807) is 31.2 Å². The number of halogens is 2. The van der Waals surface area contributed by atoms with Crippen LogP contribution < -0.4 is 0 Å². The number of oxime groups is 1. The van der Waals surface area contributed by atoms with Crippen molar-refractivity contribution in [1.29, 1.82) is 0 Å². The average Bonchev–Trinajstić information content (AvgIpc) is 3.12. The zero-order valence-electron chi connectivity index (χ0n) is 14.2. The summed E-state index contributed by atoms with van der Waals surface area (Å²) in [4.78, 5) is 9.52. The van der Waals surface area contributed by atoms with Gasteiger partial charge in [0.1, 0.15) is 18.1 Å². The summed E-state index contributed by atoms with van der Waals surface area (Å²) in [5.74, 6) is 0.829. The average molecular weight is 348 g/mol. The van der Waals surface area contributed by atoms with E-state index in [1.807, 2.05) is 13.8 Å². The molecule has 6 nitrogen and oxygen atoms in total. The Balaban J connectivity index is 1.76. The number of aromatic nitrogens is 3. The molecule has 25 heavy (non-hydrogen) atoms. The second kappa shape index (κ2) is 7.00. The summed E-state index contributed by atoms with van der Waals surface area (Å²) in [7, 11) is 0. The maximum Gasteiger partial charge on any atom is 0.320 e. The van der Waals surface area contributed by atoms with Gasteiger partial charge in [-0.3, -0.25) is 4.57 Å². The van der Waals surface area contributed by atoms with Gasteiger partial charge < -0.3 is 9.36 Å². The lowest BCUT2D eigenvalue weighted by molar-refractivity contribution is 0.0737. The van der Waals surface area contributed by atoms with Crippen LogP contribution in [0.5, 0.6) is 0 Å². The van der Waals surface area contributed by atoms with Gasteiger partial charge in [-0.15, -0.1) is 0 Å². The molecule has 0 spiro atoms. The largest absolute Gasteiger partial charge is 0.395 e. The number of para-hydroxylation sites is 2. The first-order chi connectivity index (χ1) is 12.0. The molecule has 132 valence electrons. The number of nitrogens with zero attached hydrogens (tertiary/aromatic N) is 4. The minimum atomic E-state index is -2.71. The molecule has 0 aliphatic carbocycles. The Bertz CT molecular complexity index is 895. The van der Waals surface area contributed by atoms with E-state index in [-0.39, 0.29) is 18.1 Å². The molecule has 0 N–H and O–H groups in total. The minimum absolute atomic E-state index is 0.0912. The van der Waals surface area contributed by atoms with Gasteiger partial charge in [0.2, 0.25) is 0 Å². The lowest BCUT2D eigenvalue weighted by atomic mass is 10.1. The Labute approximate surface area is 143 Å². The fourth-order valence-electron chi connectivity index (χ4n) is 2.69. The van der Waals surface area contributed by atoms with Crippen molar-refractivity contribution in [3.8, 4) is 0 Å². The van der Waals surface area contributed by atoms with Crippen LogP contribution in [0, 0.1) is 13.8 Å². The van der Waals surface area contributed by atoms with Crippen molar-refractivity contribution in [2.24, 2.45) is 5.16 Å². The molecule has 1 aromatic carbocycles. The van der Waals surface area contributed by atoms with E-state index in [2.05, 4.69) is 15.3 Å². The summed E-state index contributed by atoms with van der Waals surface area (Å²) in [5, 5.41) is 7.81. The minimum Gasteiger partial charge on any atom is -0.395 e. The van der Waals surface area contributed by atoms with Crippen LogP contribution in [0.2, 0.25) is 0 Å². The highest BCUT2D eigenvalue weighted by atomic mass is 19.3. The molecule has 0 bridgehead atoms. The first-order valence-electron chi connectivity index (χ1n) is 7.83. The topological polar surface area (TPSA) is 65.4 Å². The van der Waals surface area contributed by atoms with Crippen molar-refractivity contribution >= 4 is 16.7 Å². The third-order valence-corrected chi connectivity index (χ3v) is 3.94. The number of alkyl halides is 2. The molecular weight excluding hydrogens is 330 g/mol. The fraction of sp³-hybridized carbons (Fsp3) is 0.353. The number of hydrogen-bond donors (Lipinski definition) is 0. The van der Waals surface area contributed by atoms with E-state index in [9.17, 15) is 8.78 Å². The van der Waals surface area contributed by atoms with E-state index in [4.69, 9.17) is 9.36 Å². The lowest BCUT2D eigenvalue weighted by Crippen LogP contribution is -2.10. The van der Waals surface area contributed by atoms with Crippen molar-refractivity contribution in [1.82, 2.24) is 14.7 Å². The standard InChI is InChI=1S/C17H18F2N4O2/c1-10-13(12(3)25-22-10)8-9-24-21-11(2)16-20-14-6-4-5-7-15(14)23(16)17(18)19/h4-7,17H,8-9H2,1-3H3. The number of hydrogen-bond acceptors (Lipinski definition) is 5. The summed E-state index contributed by atoms with van der Waals surface area (Å²) in [5.41, 5.74) is 2.91. The predicted molar refractivity (Wildman–Crippen MR) is 88.8 cm³/mol. The van der Waals surface area contributed by atoms with Gasteiger partial charge in [-0.25, -0.2) is 4.98 Å². The molecule has 3 rings (SSSR count). The summed E-state index contributed by atoms with van der Waals surface area (Å²) in [6.45, 7) is 2.85. The predicted octanol–water partition coefficient (Wildman–Crippen LogP) is 4.02. The third kappa shape index (κ3) is 3.38. The van der Waals surface area contributed by atoms with E-state index in [0.29, 0.717) is 17.5 Å². The van der Waals surface area contributed by atoms with Crippen molar-refractivity contribution < 1.29 is 18.1 Å². The van der Waals surface area contributed by atoms with E-state index < -0.39 is 6.55 Å². The van der Waals surface area contributed by atoms with Crippen LogP contribution in [0.25, 0.3) is 11.0 Å². The highest BCUT2D eigenvalue weighted by Crippen LogP contribution is 2.23. The van der Waals surface area contributed by atoms with Crippen LogP contribution in [-0.2, 0) is 11.3 Å². The molecule has 0 unspecified atom stereocenters. The monoisotopic (exact) mass is 348 g/mol. The molecule has 2 heterocycles. The number of aryl methyl sites for hydroxylation is 2. The van der Waals surface area contributed by atoms with Gasteiger partial charge in [-0.1, -0.05) is 22.4 Å². The zero-order chi connectivity index (χ0) is 18.0. The Kier molecular flexibility index (Phi) is 4.78. The van der Waals surface area contributed by atoms with Crippen LogP contribution in [0.3, 0.4) is 0 Å². The second-order valence-electron chi connectivity index (χ2n) is 5.63.